The number of primary amides is 1. The minimum Gasteiger partial charge on any atom is -0.445 e. The second-order valence-corrected chi connectivity index (χ2v) is 5.69. The molecule has 0 aliphatic heterocycles. The van der Waals surface area contributed by atoms with Crippen LogP contribution in [0, 0.1) is 0 Å². The minimum atomic E-state index is -1.05. The van der Waals surface area contributed by atoms with E-state index < -0.39 is 17.5 Å². The van der Waals surface area contributed by atoms with Gasteiger partial charge in [0.15, 0.2) is 0 Å². The Morgan fingerprint density at radius 2 is 1.70 bits per heavy atom. The van der Waals surface area contributed by atoms with Crippen molar-refractivity contribution < 1.29 is 14.3 Å². The lowest BCUT2D eigenvalue weighted by Crippen LogP contribution is -2.48. The van der Waals surface area contributed by atoms with Crippen molar-refractivity contribution in [2.75, 3.05) is 0 Å². The monoisotopic (exact) mass is 310 g/mol. The zero-order valence-corrected chi connectivity index (χ0v) is 12.6. The van der Waals surface area contributed by atoms with Crippen LogP contribution in [-0.2, 0) is 16.1 Å². The molecule has 1 saturated carbocycles. The zero-order chi connectivity index (χ0) is 16.3. The van der Waals surface area contributed by atoms with Gasteiger partial charge >= 0.3 is 6.09 Å². The number of alkyl carbamates (subject to hydrolysis) is 1. The summed E-state index contributed by atoms with van der Waals surface area (Å²) in [6.07, 6.45) is -0.140. The topological polar surface area (TPSA) is 81.4 Å². The van der Waals surface area contributed by atoms with Gasteiger partial charge in [-0.25, -0.2) is 4.79 Å². The lowest BCUT2D eigenvalue weighted by molar-refractivity contribution is -0.121. The third-order valence-electron chi connectivity index (χ3n) is 4.14. The van der Waals surface area contributed by atoms with E-state index in [2.05, 4.69) is 5.32 Å². The van der Waals surface area contributed by atoms with E-state index in [0.717, 1.165) is 11.1 Å². The van der Waals surface area contributed by atoms with Crippen LogP contribution >= 0.6 is 0 Å². The second-order valence-electron chi connectivity index (χ2n) is 5.69. The number of rotatable bonds is 5. The molecule has 1 aliphatic carbocycles. The Morgan fingerprint density at radius 3 is 2.30 bits per heavy atom. The van der Waals surface area contributed by atoms with Gasteiger partial charge in [0.2, 0.25) is 5.91 Å². The Hall–Kier alpha value is -2.82. The van der Waals surface area contributed by atoms with Gasteiger partial charge in [0, 0.05) is 5.92 Å². The third kappa shape index (κ3) is 3.18. The van der Waals surface area contributed by atoms with Crippen molar-refractivity contribution in [3.05, 3.63) is 71.8 Å². The lowest BCUT2D eigenvalue weighted by atomic mass is 10.1. The molecule has 3 rings (SSSR count). The highest BCUT2D eigenvalue weighted by Gasteiger charge is 2.61. The summed E-state index contributed by atoms with van der Waals surface area (Å²) in [7, 11) is 0. The van der Waals surface area contributed by atoms with E-state index in [-0.39, 0.29) is 12.5 Å². The molecule has 2 unspecified atom stereocenters. The van der Waals surface area contributed by atoms with Crippen molar-refractivity contribution in [1.82, 2.24) is 5.32 Å². The van der Waals surface area contributed by atoms with Crippen LogP contribution in [0.2, 0.25) is 0 Å². The molecular weight excluding hydrogens is 292 g/mol. The van der Waals surface area contributed by atoms with E-state index in [1.165, 1.54) is 0 Å². The summed E-state index contributed by atoms with van der Waals surface area (Å²) in [5.74, 6) is -0.645. The number of carbonyl (C=O) groups excluding carboxylic acids is 2. The molecule has 0 radical (unpaired) electrons. The normalized spacial score (nSPS) is 22.2. The highest BCUT2D eigenvalue weighted by atomic mass is 16.5. The van der Waals surface area contributed by atoms with Crippen LogP contribution in [0.1, 0.15) is 23.5 Å². The zero-order valence-electron chi connectivity index (χ0n) is 12.6. The van der Waals surface area contributed by atoms with Crippen LogP contribution in [0.5, 0.6) is 0 Å². The van der Waals surface area contributed by atoms with Gasteiger partial charge in [0.1, 0.15) is 12.1 Å². The summed E-state index contributed by atoms with van der Waals surface area (Å²) < 4.78 is 5.18. The fraction of sp³-hybridized carbons (Fsp3) is 0.222. The van der Waals surface area contributed by atoms with Crippen molar-refractivity contribution in [3.63, 3.8) is 0 Å². The van der Waals surface area contributed by atoms with Gasteiger partial charge in [0.25, 0.3) is 0 Å². The van der Waals surface area contributed by atoms with Gasteiger partial charge in [-0.3, -0.25) is 4.79 Å². The molecule has 0 spiro atoms. The number of ether oxygens (including phenoxy) is 1. The first-order valence-electron chi connectivity index (χ1n) is 7.45. The fourth-order valence-corrected chi connectivity index (χ4v) is 2.76. The van der Waals surface area contributed by atoms with Crippen LogP contribution in [-0.4, -0.2) is 17.5 Å². The standard InChI is InChI=1S/C18H18N2O3/c19-16(21)18(11-15(18)14-9-5-2-6-10-14)20-17(22)23-12-13-7-3-1-4-8-13/h1-10,15H,11-12H2,(H2,19,21)(H,20,22). The van der Waals surface area contributed by atoms with E-state index in [4.69, 9.17) is 10.5 Å². The number of nitrogens with one attached hydrogen (secondary N) is 1. The van der Waals surface area contributed by atoms with Gasteiger partial charge in [-0.2, -0.15) is 0 Å². The molecular formula is C18H18N2O3. The fourth-order valence-electron chi connectivity index (χ4n) is 2.76. The molecule has 2 aromatic carbocycles. The van der Waals surface area contributed by atoms with Gasteiger partial charge in [0.05, 0.1) is 0 Å². The highest BCUT2D eigenvalue weighted by Crippen LogP contribution is 2.51. The predicted octanol–water partition coefficient (Wildman–Crippen LogP) is 2.32. The molecule has 0 heterocycles. The van der Waals surface area contributed by atoms with E-state index >= 15 is 0 Å². The average Bonchev–Trinajstić information content (AvgIpc) is 3.30. The first-order chi connectivity index (χ1) is 11.1. The Balaban J connectivity index is 1.63. The molecule has 0 aromatic heterocycles. The van der Waals surface area contributed by atoms with Crippen LogP contribution in [0.25, 0.3) is 0 Å². The molecule has 118 valence electrons. The lowest BCUT2D eigenvalue weighted by Gasteiger charge is -2.16. The predicted molar refractivity (Wildman–Crippen MR) is 85.5 cm³/mol. The van der Waals surface area contributed by atoms with Crippen molar-refractivity contribution in [2.45, 2.75) is 24.5 Å². The van der Waals surface area contributed by atoms with Crippen LogP contribution in [0.15, 0.2) is 60.7 Å². The number of nitrogens with two attached hydrogens (primary N) is 1. The molecule has 0 bridgehead atoms. The maximum Gasteiger partial charge on any atom is 0.408 e. The van der Waals surface area contributed by atoms with Gasteiger partial charge < -0.3 is 15.8 Å². The van der Waals surface area contributed by atoms with Gasteiger partial charge in [-0.15, -0.1) is 0 Å². The number of carbonyl (C=O) groups is 2. The maximum absolute atomic E-state index is 12.0. The summed E-state index contributed by atoms with van der Waals surface area (Å²) in [4.78, 5) is 23.8. The Kier molecular flexibility index (Phi) is 4.02. The van der Waals surface area contributed by atoms with Gasteiger partial charge in [-0.05, 0) is 17.5 Å². The number of benzene rings is 2. The Bertz CT molecular complexity index is 703. The van der Waals surface area contributed by atoms with E-state index in [1.807, 2.05) is 60.7 Å². The highest BCUT2D eigenvalue weighted by molar-refractivity contribution is 5.93. The number of amides is 2. The van der Waals surface area contributed by atoms with Crippen LogP contribution in [0.3, 0.4) is 0 Å². The first kappa shape index (κ1) is 15.1. The minimum absolute atomic E-state index is 0.106. The maximum atomic E-state index is 12.0. The Morgan fingerprint density at radius 1 is 1.09 bits per heavy atom. The van der Waals surface area contributed by atoms with Gasteiger partial charge in [-0.1, -0.05) is 60.7 Å². The molecule has 5 heteroatoms. The summed E-state index contributed by atoms with van der Waals surface area (Å²) in [6, 6.07) is 18.9. The SMILES string of the molecule is NC(=O)C1(NC(=O)OCc2ccccc2)CC1c1ccccc1. The molecule has 23 heavy (non-hydrogen) atoms. The first-order valence-corrected chi connectivity index (χ1v) is 7.45. The smallest absolute Gasteiger partial charge is 0.408 e. The van der Waals surface area contributed by atoms with Crippen molar-refractivity contribution >= 4 is 12.0 Å². The molecule has 2 amide bonds. The van der Waals surface area contributed by atoms with Crippen molar-refractivity contribution in [1.29, 1.82) is 0 Å². The largest absolute Gasteiger partial charge is 0.445 e. The van der Waals surface area contributed by atoms with E-state index in [0.29, 0.717) is 6.42 Å². The molecule has 1 fully saturated rings. The molecule has 1 aliphatic rings. The molecule has 3 N–H and O–H groups in total. The molecule has 2 atom stereocenters. The molecule has 5 nitrogen and oxygen atoms in total. The molecule has 0 saturated heterocycles. The second kappa shape index (κ2) is 6.12. The number of hydrogen-bond acceptors (Lipinski definition) is 3. The number of hydrogen-bond donors (Lipinski definition) is 2. The summed E-state index contributed by atoms with van der Waals surface area (Å²) >= 11 is 0. The van der Waals surface area contributed by atoms with E-state index in [9.17, 15) is 9.59 Å². The molecule has 2 aromatic rings. The quantitative estimate of drug-likeness (QED) is 0.889. The summed E-state index contributed by atoms with van der Waals surface area (Å²) in [5, 5.41) is 2.65. The average molecular weight is 310 g/mol. The van der Waals surface area contributed by atoms with Crippen molar-refractivity contribution in [3.8, 4) is 0 Å². The van der Waals surface area contributed by atoms with Crippen molar-refractivity contribution in [2.24, 2.45) is 5.73 Å². The summed E-state index contributed by atoms with van der Waals surface area (Å²) in [6.45, 7) is 0.150. The Labute approximate surface area is 134 Å². The third-order valence-corrected chi connectivity index (χ3v) is 4.14. The summed E-state index contributed by atoms with van der Waals surface area (Å²) in [5.41, 5.74) is 6.32. The van der Waals surface area contributed by atoms with Crippen LogP contribution in [0.4, 0.5) is 4.79 Å². The van der Waals surface area contributed by atoms with E-state index in [1.54, 1.807) is 0 Å². The van der Waals surface area contributed by atoms with Crippen LogP contribution < -0.4 is 11.1 Å².